The van der Waals surface area contributed by atoms with Crippen LogP contribution < -0.4 is 5.32 Å². The molecular weight excluding hydrogens is 231 g/mol. The standard InChI is InChI=1S/C14H19FN2O/c1-17-9-3-2-4-13(17)14(18)16-10-11-5-7-12(15)8-6-11/h5-8,13H,2-4,9-10H2,1H3,(H,16,18). The number of carbonyl (C=O) groups excluding carboxylic acids is 1. The van der Waals surface area contributed by atoms with Gasteiger partial charge in [-0.05, 0) is 44.1 Å². The Hall–Kier alpha value is -1.42. The molecule has 0 aliphatic carbocycles. The number of halogens is 1. The van der Waals surface area contributed by atoms with Gasteiger partial charge >= 0.3 is 0 Å². The number of likely N-dealkylation sites (tertiary alicyclic amines) is 1. The van der Waals surface area contributed by atoms with Gasteiger partial charge in [0.05, 0.1) is 6.04 Å². The molecule has 0 bridgehead atoms. The van der Waals surface area contributed by atoms with Crippen LogP contribution in [0.2, 0.25) is 0 Å². The zero-order valence-corrected chi connectivity index (χ0v) is 10.7. The van der Waals surface area contributed by atoms with Gasteiger partial charge < -0.3 is 5.32 Å². The predicted octanol–water partition coefficient (Wildman–Crippen LogP) is 1.93. The fourth-order valence-corrected chi connectivity index (χ4v) is 2.32. The second kappa shape index (κ2) is 5.96. The summed E-state index contributed by atoms with van der Waals surface area (Å²) in [5, 5.41) is 2.92. The van der Waals surface area contributed by atoms with Gasteiger partial charge in [-0.1, -0.05) is 18.6 Å². The molecule has 1 aromatic rings. The topological polar surface area (TPSA) is 32.3 Å². The molecule has 1 aliphatic rings. The van der Waals surface area contributed by atoms with Crippen LogP contribution in [-0.4, -0.2) is 30.4 Å². The third kappa shape index (κ3) is 3.29. The number of benzene rings is 1. The van der Waals surface area contributed by atoms with Crippen molar-refractivity contribution in [1.82, 2.24) is 10.2 Å². The van der Waals surface area contributed by atoms with E-state index in [9.17, 15) is 9.18 Å². The molecule has 1 aliphatic heterocycles. The highest BCUT2D eigenvalue weighted by Gasteiger charge is 2.25. The smallest absolute Gasteiger partial charge is 0.237 e. The van der Waals surface area contributed by atoms with Crippen molar-refractivity contribution >= 4 is 5.91 Å². The van der Waals surface area contributed by atoms with E-state index in [1.54, 1.807) is 12.1 Å². The molecule has 0 spiro atoms. The van der Waals surface area contributed by atoms with E-state index < -0.39 is 0 Å². The van der Waals surface area contributed by atoms with E-state index in [1.807, 2.05) is 7.05 Å². The van der Waals surface area contributed by atoms with Crippen molar-refractivity contribution in [3.8, 4) is 0 Å². The molecule has 0 aromatic heterocycles. The second-order valence-electron chi connectivity index (χ2n) is 4.84. The lowest BCUT2D eigenvalue weighted by molar-refractivity contribution is -0.127. The van der Waals surface area contributed by atoms with E-state index in [-0.39, 0.29) is 17.8 Å². The first-order chi connectivity index (χ1) is 8.66. The lowest BCUT2D eigenvalue weighted by atomic mass is 10.0. The minimum absolute atomic E-state index is 0.0146. The van der Waals surface area contributed by atoms with Crippen molar-refractivity contribution in [3.63, 3.8) is 0 Å². The highest BCUT2D eigenvalue weighted by atomic mass is 19.1. The summed E-state index contributed by atoms with van der Waals surface area (Å²) in [6, 6.07) is 6.20. The molecule has 1 fully saturated rings. The van der Waals surface area contributed by atoms with E-state index in [0.29, 0.717) is 6.54 Å². The van der Waals surface area contributed by atoms with E-state index >= 15 is 0 Å². The summed E-state index contributed by atoms with van der Waals surface area (Å²) in [5.41, 5.74) is 0.920. The van der Waals surface area contributed by atoms with Gasteiger partial charge in [0.25, 0.3) is 0 Å². The Morgan fingerprint density at radius 1 is 1.39 bits per heavy atom. The molecule has 0 radical (unpaired) electrons. The number of carbonyl (C=O) groups is 1. The van der Waals surface area contributed by atoms with Crippen molar-refractivity contribution < 1.29 is 9.18 Å². The Bertz CT molecular complexity index is 405. The maximum Gasteiger partial charge on any atom is 0.237 e. The first-order valence-corrected chi connectivity index (χ1v) is 6.39. The fourth-order valence-electron chi connectivity index (χ4n) is 2.32. The average Bonchev–Trinajstić information content (AvgIpc) is 2.38. The largest absolute Gasteiger partial charge is 0.351 e. The number of piperidine rings is 1. The zero-order chi connectivity index (χ0) is 13.0. The molecule has 0 saturated carbocycles. The normalized spacial score (nSPS) is 20.7. The second-order valence-corrected chi connectivity index (χ2v) is 4.84. The molecule has 98 valence electrons. The number of nitrogens with zero attached hydrogens (tertiary/aromatic N) is 1. The maximum absolute atomic E-state index is 12.7. The molecule has 1 amide bonds. The van der Waals surface area contributed by atoms with E-state index in [1.165, 1.54) is 12.1 Å². The van der Waals surface area contributed by atoms with E-state index in [4.69, 9.17) is 0 Å². The summed E-state index contributed by atoms with van der Waals surface area (Å²) in [4.78, 5) is 14.1. The van der Waals surface area contributed by atoms with E-state index in [2.05, 4.69) is 10.2 Å². The van der Waals surface area contributed by atoms with Gasteiger partial charge in [0.1, 0.15) is 5.82 Å². The van der Waals surface area contributed by atoms with Crippen LogP contribution in [0.1, 0.15) is 24.8 Å². The number of amides is 1. The van der Waals surface area contributed by atoms with Crippen LogP contribution in [0.25, 0.3) is 0 Å². The molecule has 1 N–H and O–H groups in total. The van der Waals surface area contributed by atoms with Crippen LogP contribution in [0.3, 0.4) is 0 Å². The zero-order valence-electron chi connectivity index (χ0n) is 10.7. The SMILES string of the molecule is CN1CCCCC1C(=O)NCc1ccc(F)cc1. The predicted molar refractivity (Wildman–Crippen MR) is 68.5 cm³/mol. The molecule has 1 heterocycles. The molecule has 18 heavy (non-hydrogen) atoms. The lowest BCUT2D eigenvalue weighted by Gasteiger charge is -2.31. The molecular formula is C14H19FN2O. The first-order valence-electron chi connectivity index (χ1n) is 6.39. The van der Waals surface area contributed by atoms with Crippen LogP contribution in [0, 0.1) is 5.82 Å². The first kappa shape index (κ1) is 13.0. The van der Waals surface area contributed by atoms with E-state index in [0.717, 1.165) is 31.4 Å². The Labute approximate surface area is 107 Å². The van der Waals surface area contributed by atoms with Gasteiger partial charge in [-0.15, -0.1) is 0 Å². The summed E-state index contributed by atoms with van der Waals surface area (Å²) in [7, 11) is 1.99. The Kier molecular flexibility index (Phi) is 4.31. The van der Waals surface area contributed by atoms with Crippen LogP contribution in [0.5, 0.6) is 0 Å². The summed E-state index contributed by atoms with van der Waals surface area (Å²) in [6.45, 7) is 1.44. The third-order valence-electron chi connectivity index (χ3n) is 3.45. The molecule has 2 rings (SSSR count). The monoisotopic (exact) mass is 250 g/mol. The number of likely N-dealkylation sites (N-methyl/N-ethyl adjacent to an activating group) is 1. The van der Waals surface area contributed by atoms with Crippen LogP contribution in [-0.2, 0) is 11.3 Å². The molecule has 3 nitrogen and oxygen atoms in total. The Balaban J connectivity index is 1.85. The van der Waals surface area contributed by atoms with Gasteiger partial charge in [0.15, 0.2) is 0 Å². The molecule has 1 unspecified atom stereocenters. The highest BCUT2D eigenvalue weighted by molar-refractivity contribution is 5.81. The van der Waals surface area contributed by atoms with Crippen molar-refractivity contribution in [2.75, 3.05) is 13.6 Å². The average molecular weight is 250 g/mol. The number of nitrogens with one attached hydrogen (secondary N) is 1. The summed E-state index contributed by atoms with van der Waals surface area (Å²) >= 11 is 0. The Morgan fingerprint density at radius 2 is 2.11 bits per heavy atom. The Morgan fingerprint density at radius 3 is 2.78 bits per heavy atom. The third-order valence-corrected chi connectivity index (χ3v) is 3.45. The number of rotatable bonds is 3. The molecule has 1 atom stereocenters. The number of hydrogen-bond donors (Lipinski definition) is 1. The summed E-state index contributed by atoms with van der Waals surface area (Å²) in [5.74, 6) is -0.182. The summed E-state index contributed by atoms with van der Waals surface area (Å²) in [6.07, 6.45) is 3.20. The van der Waals surface area contributed by atoms with Gasteiger partial charge in [-0.3, -0.25) is 9.69 Å². The van der Waals surface area contributed by atoms with Gasteiger partial charge in [0.2, 0.25) is 5.91 Å². The number of hydrogen-bond acceptors (Lipinski definition) is 2. The quantitative estimate of drug-likeness (QED) is 0.889. The van der Waals surface area contributed by atoms with Gasteiger partial charge in [-0.25, -0.2) is 4.39 Å². The van der Waals surface area contributed by atoms with Crippen LogP contribution >= 0.6 is 0 Å². The fraction of sp³-hybridized carbons (Fsp3) is 0.500. The minimum Gasteiger partial charge on any atom is -0.351 e. The van der Waals surface area contributed by atoms with Crippen molar-refractivity contribution in [2.24, 2.45) is 0 Å². The molecule has 1 saturated heterocycles. The highest BCUT2D eigenvalue weighted by Crippen LogP contribution is 2.15. The molecule has 4 heteroatoms. The van der Waals surface area contributed by atoms with Crippen LogP contribution in [0.4, 0.5) is 4.39 Å². The van der Waals surface area contributed by atoms with Crippen molar-refractivity contribution in [3.05, 3.63) is 35.6 Å². The van der Waals surface area contributed by atoms with Gasteiger partial charge in [0, 0.05) is 6.54 Å². The minimum atomic E-state index is -0.253. The van der Waals surface area contributed by atoms with Crippen molar-refractivity contribution in [1.29, 1.82) is 0 Å². The van der Waals surface area contributed by atoms with Crippen molar-refractivity contribution in [2.45, 2.75) is 31.8 Å². The summed E-state index contributed by atoms with van der Waals surface area (Å²) < 4.78 is 12.7. The molecule has 1 aromatic carbocycles. The van der Waals surface area contributed by atoms with Crippen LogP contribution in [0.15, 0.2) is 24.3 Å². The maximum atomic E-state index is 12.7. The van der Waals surface area contributed by atoms with Gasteiger partial charge in [-0.2, -0.15) is 0 Å². The lowest BCUT2D eigenvalue weighted by Crippen LogP contribution is -2.47.